The number of hydrogen-bond donors (Lipinski definition) is 2. The molecule has 134 valence electrons. The number of methoxy groups -OCH3 is 2. The van der Waals surface area contributed by atoms with Crippen LogP contribution in [0, 0.1) is 0 Å². The highest BCUT2D eigenvalue weighted by Crippen LogP contribution is 2.13. The molecule has 0 radical (unpaired) electrons. The normalized spacial score (nSPS) is 9.77. The topological polar surface area (TPSA) is 111 Å². The van der Waals surface area contributed by atoms with Crippen LogP contribution in [0.25, 0.3) is 0 Å². The van der Waals surface area contributed by atoms with Gasteiger partial charge in [-0.05, 0) is 42.5 Å². The molecule has 0 saturated heterocycles. The molecule has 0 spiro atoms. The van der Waals surface area contributed by atoms with Crippen LogP contribution in [0.3, 0.4) is 0 Å². The van der Waals surface area contributed by atoms with Crippen molar-refractivity contribution in [3.05, 3.63) is 59.7 Å². The van der Waals surface area contributed by atoms with Crippen LogP contribution in [0.15, 0.2) is 48.5 Å². The second kappa shape index (κ2) is 8.43. The maximum Gasteiger partial charge on any atom is 0.337 e. The summed E-state index contributed by atoms with van der Waals surface area (Å²) in [6.07, 6.45) is 0. The molecule has 8 nitrogen and oxygen atoms in total. The van der Waals surface area contributed by atoms with Crippen molar-refractivity contribution in [1.82, 2.24) is 0 Å². The van der Waals surface area contributed by atoms with Gasteiger partial charge in [-0.25, -0.2) is 9.59 Å². The number of rotatable bonds is 4. The fraction of sp³-hybridized carbons (Fsp3) is 0.111. The van der Waals surface area contributed by atoms with E-state index >= 15 is 0 Å². The third-order valence-electron chi connectivity index (χ3n) is 3.31. The van der Waals surface area contributed by atoms with E-state index in [9.17, 15) is 19.2 Å². The van der Waals surface area contributed by atoms with Crippen LogP contribution in [0.5, 0.6) is 0 Å². The van der Waals surface area contributed by atoms with Crippen molar-refractivity contribution in [3.8, 4) is 0 Å². The van der Waals surface area contributed by atoms with E-state index in [0.29, 0.717) is 11.3 Å². The SMILES string of the molecule is COC(=O)c1ccc(NC(=O)C(=O)Nc2cccc(C(=O)OC)c2)cc1. The lowest BCUT2D eigenvalue weighted by Crippen LogP contribution is -2.29. The van der Waals surface area contributed by atoms with Gasteiger partial charge in [0.1, 0.15) is 0 Å². The van der Waals surface area contributed by atoms with Crippen LogP contribution in [-0.4, -0.2) is 38.0 Å². The first-order chi connectivity index (χ1) is 12.4. The van der Waals surface area contributed by atoms with Gasteiger partial charge in [-0.15, -0.1) is 0 Å². The summed E-state index contributed by atoms with van der Waals surface area (Å²) in [6, 6.07) is 11.8. The van der Waals surface area contributed by atoms with Gasteiger partial charge in [0.15, 0.2) is 0 Å². The first-order valence-electron chi connectivity index (χ1n) is 7.43. The number of esters is 2. The highest BCUT2D eigenvalue weighted by atomic mass is 16.5. The van der Waals surface area contributed by atoms with E-state index < -0.39 is 23.8 Å². The largest absolute Gasteiger partial charge is 0.465 e. The molecule has 0 atom stereocenters. The second-order valence-electron chi connectivity index (χ2n) is 5.05. The Morgan fingerprint density at radius 1 is 0.692 bits per heavy atom. The second-order valence-corrected chi connectivity index (χ2v) is 5.05. The zero-order valence-electron chi connectivity index (χ0n) is 14.1. The summed E-state index contributed by atoms with van der Waals surface area (Å²) < 4.78 is 9.17. The molecule has 2 aromatic rings. The lowest BCUT2D eigenvalue weighted by atomic mass is 10.2. The molecule has 0 saturated carbocycles. The first-order valence-corrected chi connectivity index (χ1v) is 7.43. The summed E-state index contributed by atoms with van der Waals surface area (Å²) in [4.78, 5) is 46.8. The summed E-state index contributed by atoms with van der Waals surface area (Å²) in [5, 5.41) is 4.79. The van der Waals surface area contributed by atoms with Crippen molar-refractivity contribution in [2.24, 2.45) is 0 Å². The van der Waals surface area contributed by atoms with E-state index in [2.05, 4.69) is 20.1 Å². The minimum Gasteiger partial charge on any atom is -0.465 e. The summed E-state index contributed by atoms with van der Waals surface area (Å²) in [5.41, 5.74) is 1.16. The van der Waals surface area contributed by atoms with Gasteiger partial charge in [-0.3, -0.25) is 9.59 Å². The fourth-order valence-corrected chi connectivity index (χ4v) is 2.02. The Hall–Kier alpha value is -3.68. The number of hydrogen-bond acceptors (Lipinski definition) is 6. The molecule has 0 aromatic heterocycles. The maximum absolute atomic E-state index is 12.0. The molecule has 0 aliphatic carbocycles. The highest BCUT2D eigenvalue weighted by Gasteiger charge is 2.15. The fourth-order valence-electron chi connectivity index (χ4n) is 2.02. The Bertz CT molecular complexity index is 845. The molecule has 8 heteroatoms. The number of carbonyl (C=O) groups is 4. The van der Waals surface area contributed by atoms with Gasteiger partial charge in [-0.2, -0.15) is 0 Å². The van der Waals surface area contributed by atoms with Crippen LogP contribution in [-0.2, 0) is 19.1 Å². The summed E-state index contributed by atoms with van der Waals surface area (Å²) in [7, 11) is 2.50. The number of anilines is 2. The van der Waals surface area contributed by atoms with Crippen LogP contribution < -0.4 is 10.6 Å². The van der Waals surface area contributed by atoms with Crippen LogP contribution in [0.1, 0.15) is 20.7 Å². The quantitative estimate of drug-likeness (QED) is 0.639. The van der Waals surface area contributed by atoms with E-state index in [4.69, 9.17) is 0 Å². The summed E-state index contributed by atoms with van der Waals surface area (Å²) in [5.74, 6) is -2.88. The van der Waals surface area contributed by atoms with Gasteiger partial charge in [0.2, 0.25) is 0 Å². The van der Waals surface area contributed by atoms with E-state index in [1.807, 2.05) is 0 Å². The third kappa shape index (κ3) is 4.67. The molecule has 2 aromatic carbocycles. The average Bonchev–Trinajstić information content (AvgIpc) is 2.67. The molecule has 0 aliphatic rings. The molecule has 0 unspecified atom stereocenters. The van der Waals surface area contributed by atoms with E-state index in [1.165, 1.54) is 56.7 Å². The van der Waals surface area contributed by atoms with E-state index in [1.54, 1.807) is 6.07 Å². The van der Waals surface area contributed by atoms with Crippen LogP contribution >= 0.6 is 0 Å². The van der Waals surface area contributed by atoms with Crippen LogP contribution in [0.4, 0.5) is 11.4 Å². The number of benzene rings is 2. The van der Waals surface area contributed by atoms with E-state index in [-0.39, 0.29) is 11.3 Å². The summed E-state index contributed by atoms with van der Waals surface area (Å²) in [6.45, 7) is 0. The minimum atomic E-state index is -0.913. The van der Waals surface area contributed by atoms with Crippen molar-refractivity contribution in [2.75, 3.05) is 24.9 Å². The van der Waals surface area contributed by atoms with Crippen molar-refractivity contribution in [3.63, 3.8) is 0 Å². The van der Waals surface area contributed by atoms with Gasteiger partial charge in [-0.1, -0.05) is 6.07 Å². The Labute approximate surface area is 149 Å². The van der Waals surface area contributed by atoms with Gasteiger partial charge in [0.05, 0.1) is 25.3 Å². The van der Waals surface area contributed by atoms with Crippen LogP contribution in [0.2, 0.25) is 0 Å². The zero-order chi connectivity index (χ0) is 19.1. The first kappa shape index (κ1) is 18.7. The molecule has 26 heavy (non-hydrogen) atoms. The van der Waals surface area contributed by atoms with Crippen molar-refractivity contribution >= 4 is 35.1 Å². The number of ether oxygens (including phenoxy) is 2. The Morgan fingerprint density at radius 3 is 1.81 bits per heavy atom. The molecule has 2 rings (SSSR count). The predicted molar refractivity (Wildman–Crippen MR) is 92.8 cm³/mol. The summed E-state index contributed by atoms with van der Waals surface area (Å²) >= 11 is 0. The number of nitrogens with one attached hydrogen (secondary N) is 2. The smallest absolute Gasteiger partial charge is 0.337 e. The standard InChI is InChI=1S/C18H16N2O6/c1-25-17(23)11-6-8-13(9-7-11)19-15(21)16(22)20-14-5-3-4-12(10-14)18(24)26-2/h3-10H,1-2H3,(H,19,21)(H,20,22). The highest BCUT2D eigenvalue weighted by molar-refractivity contribution is 6.43. The number of amides is 2. The third-order valence-corrected chi connectivity index (χ3v) is 3.31. The van der Waals surface area contributed by atoms with Gasteiger partial charge >= 0.3 is 23.8 Å². The molecular weight excluding hydrogens is 340 g/mol. The van der Waals surface area contributed by atoms with Crippen molar-refractivity contribution < 1.29 is 28.7 Å². The van der Waals surface area contributed by atoms with Crippen molar-refractivity contribution in [2.45, 2.75) is 0 Å². The molecule has 2 N–H and O–H groups in total. The number of carbonyl (C=O) groups excluding carboxylic acids is 4. The maximum atomic E-state index is 12.0. The molecule has 2 amide bonds. The predicted octanol–water partition coefficient (Wildman–Crippen LogP) is 1.84. The van der Waals surface area contributed by atoms with Gasteiger partial charge < -0.3 is 20.1 Å². The molecular formula is C18H16N2O6. The Morgan fingerprint density at radius 2 is 1.23 bits per heavy atom. The van der Waals surface area contributed by atoms with E-state index in [0.717, 1.165) is 0 Å². The minimum absolute atomic E-state index is 0.240. The lowest BCUT2D eigenvalue weighted by molar-refractivity contribution is -0.132. The average molecular weight is 356 g/mol. The molecule has 0 bridgehead atoms. The molecule has 0 fully saturated rings. The van der Waals surface area contributed by atoms with Crippen molar-refractivity contribution in [1.29, 1.82) is 0 Å². The molecule has 0 heterocycles. The van der Waals surface area contributed by atoms with Gasteiger partial charge in [0, 0.05) is 11.4 Å². The molecule has 0 aliphatic heterocycles. The van der Waals surface area contributed by atoms with Gasteiger partial charge in [0.25, 0.3) is 0 Å². The zero-order valence-corrected chi connectivity index (χ0v) is 14.1. The Balaban J connectivity index is 2.00. The monoisotopic (exact) mass is 356 g/mol. The Kier molecular flexibility index (Phi) is 6.05. The lowest BCUT2D eigenvalue weighted by Gasteiger charge is -2.08.